The van der Waals surface area contributed by atoms with Gasteiger partial charge in [0.1, 0.15) is 11.9 Å². The van der Waals surface area contributed by atoms with Crippen LogP contribution in [0.2, 0.25) is 5.02 Å². The first-order chi connectivity index (χ1) is 11.0. The summed E-state index contributed by atoms with van der Waals surface area (Å²) in [6.45, 7) is 1.07. The van der Waals surface area contributed by atoms with Gasteiger partial charge in [0.05, 0.1) is 0 Å². The van der Waals surface area contributed by atoms with E-state index in [1.54, 1.807) is 29.2 Å². The predicted octanol–water partition coefficient (Wildman–Crippen LogP) is 1.34. The predicted molar refractivity (Wildman–Crippen MR) is 88.4 cm³/mol. The monoisotopic (exact) mass is 339 g/mol. The van der Waals surface area contributed by atoms with Crippen molar-refractivity contribution in [2.24, 2.45) is 0 Å². The van der Waals surface area contributed by atoms with Crippen LogP contribution in [0.3, 0.4) is 0 Å². The molecule has 0 aromatic heterocycles. The van der Waals surface area contributed by atoms with Gasteiger partial charge in [-0.25, -0.2) is 0 Å². The second kappa shape index (κ2) is 8.17. The lowest BCUT2D eigenvalue weighted by Gasteiger charge is -2.30. The third-order valence-electron chi connectivity index (χ3n) is 3.69. The highest BCUT2D eigenvalue weighted by molar-refractivity contribution is 6.30. The van der Waals surface area contributed by atoms with Crippen LogP contribution in [-0.4, -0.2) is 61.6 Å². The number of carbonyl (C=O) groups is 2. The van der Waals surface area contributed by atoms with E-state index in [1.165, 1.54) is 0 Å². The summed E-state index contributed by atoms with van der Waals surface area (Å²) in [5, 5.41) is 3.31. The highest BCUT2D eigenvalue weighted by atomic mass is 35.5. The van der Waals surface area contributed by atoms with E-state index in [0.717, 1.165) is 12.8 Å². The van der Waals surface area contributed by atoms with Gasteiger partial charge in [0.25, 0.3) is 5.91 Å². The van der Waals surface area contributed by atoms with Crippen LogP contribution < -0.4 is 10.1 Å². The number of halogens is 1. The molecular formula is C16H22ClN3O3. The van der Waals surface area contributed by atoms with Crippen molar-refractivity contribution in [2.45, 2.75) is 25.1 Å². The Bertz CT molecular complexity index is 536. The summed E-state index contributed by atoms with van der Waals surface area (Å²) in [4.78, 5) is 27.1. The fourth-order valence-corrected chi connectivity index (χ4v) is 2.77. The van der Waals surface area contributed by atoms with E-state index in [9.17, 15) is 9.59 Å². The minimum atomic E-state index is -0.639. The molecule has 1 aromatic rings. The number of hydrogen-bond donors (Lipinski definition) is 1. The first-order valence-electron chi connectivity index (χ1n) is 7.58. The Hall–Kier alpha value is -1.79. The van der Waals surface area contributed by atoms with Crippen LogP contribution in [-0.2, 0) is 9.59 Å². The van der Waals surface area contributed by atoms with Crippen LogP contribution in [0.4, 0.5) is 0 Å². The SMILES string of the molecule is CN(C)CC(Oc1ccc(Cl)cc1)C(=O)N1CCCC1NC=O. The van der Waals surface area contributed by atoms with Gasteiger partial charge >= 0.3 is 0 Å². The number of ether oxygens (including phenoxy) is 1. The van der Waals surface area contributed by atoms with Gasteiger partial charge in [-0.1, -0.05) is 11.6 Å². The summed E-state index contributed by atoms with van der Waals surface area (Å²) in [7, 11) is 3.77. The van der Waals surface area contributed by atoms with Gasteiger partial charge in [0.2, 0.25) is 6.41 Å². The Morgan fingerprint density at radius 3 is 2.78 bits per heavy atom. The van der Waals surface area contributed by atoms with E-state index in [1.807, 2.05) is 19.0 Å². The Morgan fingerprint density at radius 1 is 1.48 bits per heavy atom. The molecule has 1 heterocycles. The van der Waals surface area contributed by atoms with Crippen molar-refractivity contribution in [1.29, 1.82) is 0 Å². The van der Waals surface area contributed by atoms with Crippen LogP contribution in [0.25, 0.3) is 0 Å². The molecule has 2 unspecified atom stereocenters. The molecule has 1 saturated heterocycles. The van der Waals surface area contributed by atoms with Crippen molar-refractivity contribution in [3.05, 3.63) is 29.3 Å². The zero-order valence-electron chi connectivity index (χ0n) is 13.4. The molecule has 0 radical (unpaired) electrons. The third-order valence-corrected chi connectivity index (χ3v) is 3.95. The average molecular weight is 340 g/mol. The van der Waals surface area contributed by atoms with Crippen molar-refractivity contribution in [1.82, 2.24) is 15.1 Å². The summed E-state index contributed by atoms with van der Waals surface area (Å²) in [5.74, 6) is 0.471. The molecule has 0 bridgehead atoms. The summed E-state index contributed by atoms with van der Waals surface area (Å²) in [5.41, 5.74) is 0. The Morgan fingerprint density at radius 2 is 2.17 bits per heavy atom. The first kappa shape index (κ1) is 17.6. The van der Waals surface area contributed by atoms with Crippen LogP contribution in [0, 0.1) is 0 Å². The average Bonchev–Trinajstić information content (AvgIpc) is 2.96. The molecule has 1 aliphatic rings. The van der Waals surface area contributed by atoms with Crippen molar-refractivity contribution in [2.75, 3.05) is 27.2 Å². The fraction of sp³-hybridized carbons (Fsp3) is 0.500. The van der Waals surface area contributed by atoms with E-state index in [4.69, 9.17) is 16.3 Å². The molecule has 7 heteroatoms. The summed E-state index contributed by atoms with van der Waals surface area (Å²) in [6, 6.07) is 6.92. The van der Waals surface area contributed by atoms with Crippen LogP contribution in [0.1, 0.15) is 12.8 Å². The molecule has 1 fully saturated rings. The van der Waals surface area contributed by atoms with Gasteiger partial charge in [-0.05, 0) is 51.2 Å². The number of likely N-dealkylation sites (tertiary alicyclic amines) is 1. The maximum Gasteiger partial charge on any atom is 0.266 e. The molecule has 2 rings (SSSR count). The molecule has 1 aliphatic heterocycles. The van der Waals surface area contributed by atoms with Crippen LogP contribution >= 0.6 is 11.6 Å². The molecule has 1 N–H and O–H groups in total. The maximum atomic E-state index is 12.8. The number of amides is 2. The highest BCUT2D eigenvalue weighted by Gasteiger charge is 2.34. The largest absolute Gasteiger partial charge is 0.479 e. The van der Waals surface area contributed by atoms with Gasteiger partial charge in [-0.2, -0.15) is 0 Å². The van der Waals surface area contributed by atoms with E-state index in [0.29, 0.717) is 30.3 Å². The molecule has 0 aliphatic carbocycles. The quantitative estimate of drug-likeness (QED) is 0.762. The number of carbonyl (C=O) groups excluding carboxylic acids is 2. The zero-order chi connectivity index (χ0) is 16.8. The third kappa shape index (κ3) is 4.84. The first-order valence-corrected chi connectivity index (χ1v) is 7.96. The van der Waals surface area contributed by atoms with Crippen molar-refractivity contribution in [3.63, 3.8) is 0 Å². The fourth-order valence-electron chi connectivity index (χ4n) is 2.64. The summed E-state index contributed by atoms with van der Waals surface area (Å²) in [6.07, 6.45) is 1.38. The second-order valence-electron chi connectivity index (χ2n) is 5.80. The van der Waals surface area contributed by atoms with Crippen molar-refractivity contribution < 1.29 is 14.3 Å². The second-order valence-corrected chi connectivity index (χ2v) is 6.23. The van der Waals surface area contributed by atoms with Crippen molar-refractivity contribution in [3.8, 4) is 5.75 Å². The molecule has 0 saturated carbocycles. The molecule has 2 amide bonds. The van der Waals surface area contributed by atoms with E-state index < -0.39 is 6.10 Å². The molecule has 0 spiro atoms. The Kier molecular flexibility index (Phi) is 6.24. The Labute approximate surface area is 141 Å². The van der Waals surface area contributed by atoms with Gasteiger partial charge < -0.3 is 19.9 Å². The minimum absolute atomic E-state index is 0.120. The van der Waals surface area contributed by atoms with Crippen LogP contribution in [0.5, 0.6) is 5.75 Å². The van der Waals surface area contributed by atoms with E-state index in [-0.39, 0.29) is 12.1 Å². The zero-order valence-corrected chi connectivity index (χ0v) is 14.1. The summed E-state index contributed by atoms with van der Waals surface area (Å²) < 4.78 is 5.87. The molecule has 6 nitrogen and oxygen atoms in total. The minimum Gasteiger partial charge on any atom is -0.479 e. The van der Waals surface area contributed by atoms with Crippen LogP contribution in [0.15, 0.2) is 24.3 Å². The highest BCUT2D eigenvalue weighted by Crippen LogP contribution is 2.20. The number of nitrogens with zero attached hydrogens (tertiary/aromatic N) is 2. The lowest BCUT2D eigenvalue weighted by Crippen LogP contribution is -2.52. The summed E-state index contributed by atoms with van der Waals surface area (Å²) >= 11 is 5.87. The standard InChI is InChI=1S/C16H22ClN3O3/c1-19(2)10-14(23-13-7-5-12(17)6-8-13)16(22)20-9-3-4-15(20)18-11-21/h5-8,11,14-15H,3-4,9-10H2,1-2H3,(H,18,21). The van der Waals surface area contributed by atoms with Crippen molar-refractivity contribution >= 4 is 23.9 Å². The number of rotatable bonds is 7. The molecule has 23 heavy (non-hydrogen) atoms. The smallest absolute Gasteiger partial charge is 0.266 e. The normalized spacial score (nSPS) is 18.8. The van der Waals surface area contributed by atoms with Gasteiger partial charge in [-0.3, -0.25) is 9.59 Å². The lowest BCUT2D eigenvalue weighted by molar-refractivity contribution is -0.141. The Balaban J connectivity index is 2.11. The lowest BCUT2D eigenvalue weighted by atomic mass is 10.2. The molecule has 1 aromatic carbocycles. The van der Waals surface area contributed by atoms with Gasteiger partial charge in [-0.15, -0.1) is 0 Å². The van der Waals surface area contributed by atoms with Gasteiger partial charge in [0, 0.05) is 18.1 Å². The topological polar surface area (TPSA) is 61.9 Å². The van der Waals surface area contributed by atoms with Gasteiger partial charge in [0.15, 0.2) is 6.10 Å². The molecule has 2 atom stereocenters. The number of likely N-dealkylation sites (N-methyl/N-ethyl adjacent to an activating group) is 1. The molecule has 126 valence electrons. The van der Waals surface area contributed by atoms with E-state index >= 15 is 0 Å². The number of hydrogen-bond acceptors (Lipinski definition) is 4. The number of nitrogens with one attached hydrogen (secondary N) is 1. The molecular weight excluding hydrogens is 318 g/mol. The number of benzene rings is 1. The maximum absolute atomic E-state index is 12.8. The van der Waals surface area contributed by atoms with E-state index in [2.05, 4.69) is 5.32 Å².